The molecule has 1 aromatic carbocycles. The second-order valence-corrected chi connectivity index (χ2v) is 3.88. The summed E-state index contributed by atoms with van der Waals surface area (Å²) in [7, 11) is 0. The summed E-state index contributed by atoms with van der Waals surface area (Å²) in [5.41, 5.74) is 0.407. The lowest BCUT2D eigenvalue weighted by Gasteiger charge is -2.08. The fourth-order valence-electron chi connectivity index (χ4n) is 1.33. The number of alkyl halides is 4. The number of nitro groups is 2. The monoisotopic (exact) mass is 326 g/mol. The quantitative estimate of drug-likeness (QED) is 0.299. The molecule has 0 bridgehead atoms. The topological polar surface area (TPSA) is 125 Å². The SMILES string of the molecule is NC(CCl)=Nc1c([N+](=O)[O-])cc(C(F)(F)F)cc1[N+](=O)[O-]. The van der Waals surface area contributed by atoms with Crippen LogP contribution >= 0.6 is 11.6 Å². The molecule has 114 valence electrons. The summed E-state index contributed by atoms with van der Waals surface area (Å²) >= 11 is 5.29. The minimum Gasteiger partial charge on any atom is -0.386 e. The van der Waals surface area contributed by atoms with Gasteiger partial charge in [-0.15, -0.1) is 11.6 Å². The minimum atomic E-state index is -4.99. The lowest BCUT2D eigenvalue weighted by atomic mass is 10.1. The zero-order chi connectivity index (χ0) is 16.4. The van der Waals surface area contributed by atoms with E-state index in [0.717, 1.165) is 0 Å². The van der Waals surface area contributed by atoms with Gasteiger partial charge in [-0.05, 0) is 0 Å². The van der Waals surface area contributed by atoms with Crippen LogP contribution in [0.4, 0.5) is 30.2 Å². The van der Waals surface area contributed by atoms with Crippen molar-refractivity contribution in [2.75, 3.05) is 5.88 Å². The average molecular weight is 327 g/mol. The molecule has 0 aliphatic carbocycles. The Morgan fingerprint density at radius 2 is 1.67 bits per heavy atom. The predicted octanol–water partition coefficient (Wildman–Crippen LogP) is 2.75. The van der Waals surface area contributed by atoms with Crippen LogP contribution in [-0.2, 0) is 6.18 Å². The first-order valence-corrected chi connectivity index (χ1v) is 5.54. The van der Waals surface area contributed by atoms with Crippen LogP contribution < -0.4 is 5.73 Å². The third-order valence-corrected chi connectivity index (χ3v) is 2.46. The summed E-state index contributed by atoms with van der Waals surface area (Å²) in [6.07, 6.45) is -4.99. The molecule has 1 rings (SSSR count). The third kappa shape index (κ3) is 3.78. The van der Waals surface area contributed by atoms with Crippen LogP contribution in [0, 0.1) is 20.2 Å². The molecule has 1 aromatic rings. The van der Waals surface area contributed by atoms with Gasteiger partial charge in [0.2, 0.25) is 5.69 Å². The average Bonchev–Trinajstić information content (AvgIpc) is 2.36. The van der Waals surface area contributed by atoms with E-state index in [2.05, 4.69) is 4.99 Å². The number of nitrogens with zero attached hydrogens (tertiary/aromatic N) is 3. The lowest BCUT2D eigenvalue weighted by molar-refractivity contribution is -0.392. The van der Waals surface area contributed by atoms with Gasteiger partial charge in [-0.25, -0.2) is 4.99 Å². The van der Waals surface area contributed by atoms with Crippen LogP contribution in [0.2, 0.25) is 0 Å². The number of hydrogen-bond donors (Lipinski definition) is 1. The molecule has 0 saturated carbocycles. The van der Waals surface area contributed by atoms with E-state index < -0.39 is 50.4 Å². The second-order valence-electron chi connectivity index (χ2n) is 3.61. The molecule has 21 heavy (non-hydrogen) atoms. The lowest BCUT2D eigenvalue weighted by Crippen LogP contribution is -2.13. The first-order chi connectivity index (χ1) is 9.57. The van der Waals surface area contributed by atoms with Crippen molar-refractivity contribution in [1.29, 1.82) is 0 Å². The van der Waals surface area contributed by atoms with Gasteiger partial charge in [0, 0.05) is 12.1 Å². The Kier molecular flexibility index (Phi) is 4.68. The number of hydrogen-bond acceptors (Lipinski definition) is 5. The molecule has 2 N–H and O–H groups in total. The van der Waals surface area contributed by atoms with E-state index in [1.165, 1.54) is 0 Å². The van der Waals surface area contributed by atoms with Crippen molar-refractivity contribution in [2.45, 2.75) is 6.18 Å². The molecular weight excluding hydrogens is 321 g/mol. The van der Waals surface area contributed by atoms with Crippen LogP contribution in [0.1, 0.15) is 5.56 Å². The Labute approximate surface area is 119 Å². The standard InChI is InChI=1S/C9H6ClF3N4O4/c10-3-7(14)15-8-5(16(18)19)1-4(9(11,12)13)2-6(8)17(20)21/h1-2H,3H2,(H2,14,15). The van der Waals surface area contributed by atoms with Crippen molar-refractivity contribution in [3.05, 3.63) is 37.9 Å². The van der Waals surface area contributed by atoms with Crippen molar-refractivity contribution >= 4 is 34.5 Å². The second kappa shape index (κ2) is 5.91. The molecule has 0 saturated heterocycles. The molecule has 0 unspecified atom stereocenters. The van der Waals surface area contributed by atoms with Gasteiger partial charge in [0.1, 0.15) is 5.84 Å². The maximum absolute atomic E-state index is 12.6. The van der Waals surface area contributed by atoms with E-state index >= 15 is 0 Å². The number of aliphatic imine (C=N–C) groups is 1. The summed E-state index contributed by atoms with van der Waals surface area (Å²) in [6, 6.07) is 0.292. The molecule has 0 heterocycles. The molecule has 0 aliphatic rings. The molecule has 0 radical (unpaired) electrons. The maximum atomic E-state index is 12.6. The van der Waals surface area contributed by atoms with Gasteiger partial charge in [-0.1, -0.05) is 0 Å². The van der Waals surface area contributed by atoms with Crippen LogP contribution in [0.5, 0.6) is 0 Å². The molecule has 0 aliphatic heterocycles. The number of benzene rings is 1. The number of halogens is 4. The van der Waals surface area contributed by atoms with Crippen LogP contribution in [0.25, 0.3) is 0 Å². The summed E-state index contributed by atoms with van der Waals surface area (Å²) in [6.45, 7) is 0. The Morgan fingerprint density at radius 1 is 1.24 bits per heavy atom. The van der Waals surface area contributed by atoms with Crippen molar-refractivity contribution in [3.8, 4) is 0 Å². The Morgan fingerprint density at radius 3 is 1.95 bits per heavy atom. The summed E-state index contributed by atoms with van der Waals surface area (Å²) in [5, 5.41) is 21.6. The fourth-order valence-corrected chi connectivity index (χ4v) is 1.39. The van der Waals surface area contributed by atoms with Gasteiger partial charge in [0.15, 0.2) is 0 Å². The zero-order valence-corrected chi connectivity index (χ0v) is 10.7. The molecular formula is C9H6ClF3N4O4. The van der Waals surface area contributed by atoms with Gasteiger partial charge in [-0.2, -0.15) is 13.2 Å². The smallest absolute Gasteiger partial charge is 0.386 e. The van der Waals surface area contributed by atoms with Gasteiger partial charge < -0.3 is 5.73 Å². The van der Waals surface area contributed by atoms with Gasteiger partial charge in [-0.3, -0.25) is 20.2 Å². The van der Waals surface area contributed by atoms with Crippen molar-refractivity contribution < 1.29 is 23.0 Å². The normalized spacial score (nSPS) is 12.3. The predicted molar refractivity (Wildman–Crippen MR) is 66.8 cm³/mol. The molecule has 0 amide bonds. The van der Waals surface area contributed by atoms with E-state index in [9.17, 15) is 33.4 Å². The molecule has 0 fully saturated rings. The minimum absolute atomic E-state index is 0.146. The van der Waals surface area contributed by atoms with Crippen LogP contribution in [0.3, 0.4) is 0 Å². The van der Waals surface area contributed by atoms with Crippen molar-refractivity contribution in [2.24, 2.45) is 10.7 Å². The van der Waals surface area contributed by atoms with Crippen LogP contribution in [-0.4, -0.2) is 21.6 Å². The Hall–Kier alpha value is -2.43. The number of nitrogens with two attached hydrogens (primary N) is 1. The van der Waals surface area contributed by atoms with Crippen LogP contribution in [0.15, 0.2) is 17.1 Å². The Bertz CT molecular complexity index is 597. The Balaban J connectivity index is 3.76. The number of nitro benzene ring substituents is 2. The van der Waals surface area contributed by atoms with E-state index in [4.69, 9.17) is 17.3 Å². The highest BCUT2D eigenvalue weighted by atomic mass is 35.5. The number of amidine groups is 1. The maximum Gasteiger partial charge on any atom is 0.416 e. The molecule has 8 nitrogen and oxygen atoms in total. The summed E-state index contributed by atoms with van der Waals surface area (Å²) < 4.78 is 37.8. The summed E-state index contributed by atoms with van der Waals surface area (Å²) in [4.78, 5) is 22.6. The zero-order valence-electron chi connectivity index (χ0n) is 9.93. The molecule has 12 heteroatoms. The third-order valence-electron chi connectivity index (χ3n) is 2.18. The van der Waals surface area contributed by atoms with E-state index in [-0.39, 0.29) is 12.1 Å². The highest BCUT2D eigenvalue weighted by Crippen LogP contribution is 2.42. The number of rotatable bonds is 4. The molecule has 0 aromatic heterocycles. The largest absolute Gasteiger partial charge is 0.416 e. The fraction of sp³-hybridized carbons (Fsp3) is 0.222. The van der Waals surface area contributed by atoms with E-state index in [0.29, 0.717) is 0 Å². The van der Waals surface area contributed by atoms with Gasteiger partial charge >= 0.3 is 17.6 Å². The summed E-state index contributed by atoms with van der Waals surface area (Å²) in [5.74, 6) is -0.822. The van der Waals surface area contributed by atoms with E-state index in [1.54, 1.807) is 0 Å². The first kappa shape index (κ1) is 16.6. The van der Waals surface area contributed by atoms with Gasteiger partial charge in [0.05, 0.1) is 21.3 Å². The van der Waals surface area contributed by atoms with E-state index in [1.807, 2.05) is 0 Å². The molecule has 0 spiro atoms. The van der Waals surface area contributed by atoms with Crippen molar-refractivity contribution in [1.82, 2.24) is 0 Å². The molecule has 0 atom stereocenters. The van der Waals surface area contributed by atoms with Gasteiger partial charge in [0.25, 0.3) is 0 Å². The van der Waals surface area contributed by atoms with Crippen molar-refractivity contribution in [3.63, 3.8) is 0 Å². The first-order valence-electron chi connectivity index (χ1n) is 5.01. The highest BCUT2D eigenvalue weighted by Gasteiger charge is 2.37. The highest BCUT2D eigenvalue weighted by molar-refractivity contribution is 6.28.